The van der Waals surface area contributed by atoms with E-state index >= 15 is 0 Å². The molecule has 0 radical (unpaired) electrons. The van der Waals surface area contributed by atoms with E-state index in [4.69, 9.17) is 0 Å². The van der Waals surface area contributed by atoms with E-state index in [1.165, 1.54) is 32.1 Å². The molecular weight excluding hydrogens is 120 g/mol. The average Bonchev–Trinajstić information content (AvgIpc) is 1.96. The molecule has 1 aliphatic rings. The van der Waals surface area contributed by atoms with Crippen LogP contribution in [0.25, 0.3) is 0 Å². The van der Waals surface area contributed by atoms with Crippen molar-refractivity contribution in [2.45, 2.75) is 52.9 Å². The summed E-state index contributed by atoms with van der Waals surface area (Å²) in [5.74, 6) is 0.964. The minimum Gasteiger partial charge on any atom is -0.0649 e. The molecule has 0 bridgehead atoms. The Kier molecular flexibility index (Phi) is 2.38. The molecule has 0 nitrogen and oxygen atoms in total. The zero-order valence-corrected chi connectivity index (χ0v) is 7.61. The first kappa shape index (κ1) is 8.10. The molecule has 10 heavy (non-hydrogen) atoms. The van der Waals surface area contributed by atoms with Crippen molar-refractivity contribution in [3.05, 3.63) is 0 Å². The summed E-state index contributed by atoms with van der Waals surface area (Å²) >= 11 is 0. The van der Waals surface area contributed by atoms with E-state index in [9.17, 15) is 0 Å². The quantitative estimate of drug-likeness (QED) is 0.522. The molecule has 1 aliphatic carbocycles. The number of rotatable bonds is 1. The predicted octanol–water partition coefficient (Wildman–Crippen LogP) is 3.61. The second-order valence-electron chi connectivity index (χ2n) is 4.15. The molecule has 0 aliphatic heterocycles. The van der Waals surface area contributed by atoms with Crippen LogP contribution in [0.15, 0.2) is 0 Å². The molecule has 0 aromatic rings. The predicted molar refractivity (Wildman–Crippen MR) is 46.0 cm³/mol. The second-order valence-corrected chi connectivity index (χ2v) is 4.15. The monoisotopic (exact) mass is 140 g/mol. The van der Waals surface area contributed by atoms with E-state index in [2.05, 4.69) is 20.8 Å². The molecule has 0 amide bonds. The average molecular weight is 140 g/mol. The third-order valence-electron chi connectivity index (χ3n) is 3.63. The summed E-state index contributed by atoms with van der Waals surface area (Å²) < 4.78 is 0. The highest BCUT2D eigenvalue weighted by Gasteiger charge is 2.31. The van der Waals surface area contributed by atoms with Gasteiger partial charge in [0, 0.05) is 0 Å². The fourth-order valence-corrected chi connectivity index (χ4v) is 2.10. The zero-order valence-electron chi connectivity index (χ0n) is 7.61. The highest BCUT2D eigenvalue weighted by Crippen LogP contribution is 2.42. The Labute approximate surface area is 65.0 Å². The molecule has 0 unspecified atom stereocenters. The van der Waals surface area contributed by atoms with Crippen LogP contribution in [-0.2, 0) is 0 Å². The molecule has 0 aromatic carbocycles. The minimum absolute atomic E-state index is 0.679. The topological polar surface area (TPSA) is 0 Å². The van der Waals surface area contributed by atoms with Gasteiger partial charge in [-0.3, -0.25) is 0 Å². The van der Waals surface area contributed by atoms with Gasteiger partial charge in [-0.15, -0.1) is 0 Å². The molecule has 1 saturated carbocycles. The SMILES string of the molecule is CC[C@]1(C)CCCC[C@@H]1C. The van der Waals surface area contributed by atoms with Crippen LogP contribution in [-0.4, -0.2) is 0 Å². The van der Waals surface area contributed by atoms with Crippen LogP contribution in [0.1, 0.15) is 52.9 Å². The summed E-state index contributed by atoms with van der Waals surface area (Å²) in [5.41, 5.74) is 0.679. The standard InChI is InChI=1S/C10H20/c1-4-10(3)8-6-5-7-9(10)2/h9H,4-8H2,1-3H3/t9-,10+/m0/s1. The molecule has 0 aromatic heterocycles. The highest BCUT2D eigenvalue weighted by atomic mass is 14.4. The number of hydrogen-bond donors (Lipinski definition) is 0. The maximum atomic E-state index is 2.46. The van der Waals surface area contributed by atoms with Gasteiger partial charge < -0.3 is 0 Å². The van der Waals surface area contributed by atoms with Crippen molar-refractivity contribution in [2.24, 2.45) is 11.3 Å². The smallest absolute Gasteiger partial charge is 0.0303 e. The van der Waals surface area contributed by atoms with Crippen LogP contribution in [0.3, 0.4) is 0 Å². The van der Waals surface area contributed by atoms with Gasteiger partial charge in [0.25, 0.3) is 0 Å². The molecule has 1 fully saturated rings. The van der Waals surface area contributed by atoms with Gasteiger partial charge in [-0.25, -0.2) is 0 Å². The molecule has 0 saturated heterocycles. The molecule has 0 N–H and O–H groups in total. The Morgan fingerprint density at radius 1 is 1.40 bits per heavy atom. The first-order chi connectivity index (χ1) is 4.69. The van der Waals surface area contributed by atoms with E-state index in [1.807, 2.05) is 0 Å². The Balaban J connectivity index is 2.54. The lowest BCUT2D eigenvalue weighted by molar-refractivity contribution is 0.125. The summed E-state index contributed by atoms with van der Waals surface area (Å²) in [7, 11) is 0. The van der Waals surface area contributed by atoms with Crippen molar-refractivity contribution in [3.8, 4) is 0 Å². The van der Waals surface area contributed by atoms with Crippen molar-refractivity contribution in [3.63, 3.8) is 0 Å². The molecule has 1 rings (SSSR count). The largest absolute Gasteiger partial charge is 0.0649 e. The van der Waals surface area contributed by atoms with Crippen molar-refractivity contribution >= 4 is 0 Å². The van der Waals surface area contributed by atoms with Crippen molar-refractivity contribution in [1.29, 1.82) is 0 Å². The lowest BCUT2D eigenvalue weighted by Gasteiger charge is -2.39. The van der Waals surface area contributed by atoms with Gasteiger partial charge in [-0.1, -0.05) is 46.5 Å². The molecule has 60 valence electrons. The maximum absolute atomic E-state index is 2.46. The first-order valence-electron chi connectivity index (χ1n) is 4.69. The third kappa shape index (κ3) is 1.36. The van der Waals surface area contributed by atoms with Gasteiger partial charge in [-0.05, 0) is 17.8 Å². The molecular formula is C10H20. The van der Waals surface area contributed by atoms with E-state index in [0.29, 0.717) is 5.41 Å². The van der Waals surface area contributed by atoms with Crippen molar-refractivity contribution in [2.75, 3.05) is 0 Å². The van der Waals surface area contributed by atoms with Gasteiger partial charge in [0.1, 0.15) is 0 Å². The Hall–Kier alpha value is 0. The lowest BCUT2D eigenvalue weighted by atomic mass is 9.67. The van der Waals surface area contributed by atoms with Crippen LogP contribution in [0, 0.1) is 11.3 Å². The second kappa shape index (κ2) is 2.94. The van der Waals surface area contributed by atoms with Crippen LogP contribution >= 0.6 is 0 Å². The normalized spacial score (nSPS) is 41.7. The molecule has 0 heterocycles. The van der Waals surface area contributed by atoms with Gasteiger partial charge in [0.05, 0.1) is 0 Å². The van der Waals surface area contributed by atoms with Crippen LogP contribution in [0.5, 0.6) is 0 Å². The van der Waals surface area contributed by atoms with Gasteiger partial charge in [0.15, 0.2) is 0 Å². The van der Waals surface area contributed by atoms with Gasteiger partial charge >= 0.3 is 0 Å². The molecule has 0 heteroatoms. The van der Waals surface area contributed by atoms with Crippen LogP contribution in [0.4, 0.5) is 0 Å². The maximum Gasteiger partial charge on any atom is -0.0303 e. The first-order valence-corrected chi connectivity index (χ1v) is 4.69. The summed E-state index contributed by atoms with van der Waals surface area (Å²) in [4.78, 5) is 0. The molecule has 0 spiro atoms. The zero-order chi connectivity index (χ0) is 7.61. The van der Waals surface area contributed by atoms with E-state index < -0.39 is 0 Å². The van der Waals surface area contributed by atoms with Gasteiger partial charge in [-0.2, -0.15) is 0 Å². The van der Waals surface area contributed by atoms with E-state index in [-0.39, 0.29) is 0 Å². The third-order valence-corrected chi connectivity index (χ3v) is 3.63. The summed E-state index contributed by atoms with van der Waals surface area (Å²) in [5, 5.41) is 0. The van der Waals surface area contributed by atoms with Crippen LogP contribution in [0.2, 0.25) is 0 Å². The fourth-order valence-electron chi connectivity index (χ4n) is 2.10. The highest BCUT2D eigenvalue weighted by molar-refractivity contribution is 4.82. The number of hydrogen-bond acceptors (Lipinski definition) is 0. The van der Waals surface area contributed by atoms with E-state index in [0.717, 1.165) is 5.92 Å². The fraction of sp³-hybridized carbons (Fsp3) is 1.00. The Morgan fingerprint density at radius 3 is 2.50 bits per heavy atom. The Bertz CT molecular complexity index is 107. The summed E-state index contributed by atoms with van der Waals surface area (Å²) in [6.45, 7) is 7.21. The summed E-state index contributed by atoms with van der Waals surface area (Å²) in [6.07, 6.45) is 7.23. The van der Waals surface area contributed by atoms with Gasteiger partial charge in [0.2, 0.25) is 0 Å². The minimum atomic E-state index is 0.679. The molecule has 2 atom stereocenters. The van der Waals surface area contributed by atoms with Crippen LogP contribution < -0.4 is 0 Å². The summed E-state index contributed by atoms with van der Waals surface area (Å²) in [6, 6.07) is 0. The Morgan fingerprint density at radius 2 is 2.10 bits per heavy atom. The van der Waals surface area contributed by atoms with E-state index in [1.54, 1.807) is 0 Å². The van der Waals surface area contributed by atoms with Crippen molar-refractivity contribution in [1.82, 2.24) is 0 Å². The van der Waals surface area contributed by atoms with Crippen molar-refractivity contribution < 1.29 is 0 Å². The lowest BCUT2D eigenvalue weighted by Crippen LogP contribution is -2.27.